The summed E-state index contributed by atoms with van der Waals surface area (Å²) in [5, 5.41) is 3.02. The molecule has 0 radical (unpaired) electrons. The molecule has 0 aromatic heterocycles. The molecule has 1 heteroatoms. The SMILES string of the molecule is c1ccc(C2=C(c3ccccc3)C(c3ccccc3)=[Si](c3ccccc3)C2)cc1. The molecule has 0 unspecified atom stereocenters. The van der Waals surface area contributed by atoms with E-state index in [1.165, 1.54) is 38.2 Å². The molecule has 0 bridgehead atoms. The van der Waals surface area contributed by atoms with Gasteiger partial charge >= 0.3 is 0 Å². The van der Waals surface area contributed by atoms with E-state index in [1.807, 2.05) is 0 Å². The lowest BCUT2D eigenvalue weighted by Gasteiger charge is -2.14. The Balaban J connectivity index is 1.81. The largest absolute Gasteiger partial charge is 0.0623 e. The van der Waals surface area contributed by atoms with Crippen molar-refractivity contribution in [2.75, 3.05) is 0 Å². The van der Waals surface area contributed by atoms with Crippen LogP contribution in [-0.2, 0) is 0 Å². The topological polar surface area (TPSA) is 0 Å². The van der Waals surface area contributed by atoms with Crippen LogP contribution >= 0.6 is 0 Å². The summed E-state index contributed by atoms with van der Waals surface area (Å²) in [7, 11) is -0.928. The lowest BCUT2D eigenvalue weighted by atomic mass is 9.91. The Morgan fingerprint density at radius 1 is 0.448 bits per heavy atom. The Morgan fingerprint density at radius 3 is 1.45 bits per heavy atom. The molecule has 0 saturated carbocycles. The quantitative estimate of drug-likeness (QED) is 0.388. The first kappa shape index (κ1) is 17.8. The monoisotopic (exact) mass is 386 g/mol. The second-order valence-corrected chi connectivity index (χ2v) is 9.74. The van der Waals surface area contributed by atoms with Crippen molar-refractivity contribution in [3.63, 3.8) is 0 Å². The minimum atomic E-state index is -0.928. The fourth-order valence-electron chi connectivity index (χ4n) is 4.27. The number of rotatable bonds is 4. The summed E-state index contributed by atoms with van der Waals surface area (Å²) < 4.78 is 0. The van der Waals surface area contributed by atoms with Gasteiger partial charge < -0.3 is 0 Å². The molecular weight excluding hydrogens is 364 g/mol. The van der Waals surface area contributed by atoms with Crippen molar-refractivity contribution in [3.8, 4) is 0 Å². The van der Waals surface area contributed by atoms with Crippen LogP contribution in [0.25, 0.3) is 11.1 Å². The zero-order valence-electron chi connectivity index (χ0n) is 16.3. The van der Waals surface area contributed by atoms with Gasteiger partial charge in [-0.05, 0) is 44.2 Å². The van der Waals surface area contributed by atoms with Crippen molar-refractivity contribution in [2.24, 2.45) is 0 Å². The Morgan fingerprint density at radius 2 is 0.897 bits per heavy atom. The highest BCUT2D eigenvalue weighted by Gasteiger charge is 2.28. The predicted molar refractivity (Wildman–Crippen MR) is 127 cm³/mol. The van der Waals surface area contributed by atoms with Crippen LogP contribution < -0.4 is 5.19 Å². The summed E-state index contributed by atoms with van der Waals surface area (Å²) in [5.41, 5.74) is 6.93. The van der Waals surface area contributed by atoms with Crippen LogP contribution in [0.3, 0.4) is 0 Å². The van der Waals surface area contributed by atoms with E-state index in [1.54, 1.807) is 0 Å². The molecule has 1 heterocycles. The zero-order chi connectivity index (χ0) is 19.5. The van der Waals surface area contributed by atoms with Crippen molar-refractivity contribution in [3.05, 3.63) is 138 Å². The number of hydrogen-bond donors (Lipinski definition) is 0. The normalized spacial score (nSPS) is 13.8. The van der Waals surface area contributed by atoms with Crippen molar-refractivity contribution in [2.45, 2.75) is 6.04 Å². The molecular formula is C28H22Si. The van der Waals surface area contributed by atoms with E-state index in [9.17, 15) is 0 Å². The maximum absolute atomic E-state index is 2.31. The first-order valence-corrected chi connectivity index (χ1v) is 11.8. The molecule has 29 heavy (non-hydrogen) atoms. The molecule has 0 amide bonds. The molecule has 0 atom stereocenters. The Hall–Kier alpha value is -3.29. The first-order valence-electron chi connectivity index (χ1n) is 10.1. The molecule has 0 fully saturated rings. The van der Waals surface area contributed by atoms with Crippen LogP contribution in [-0.4, -0.2) is 13.6 Å². The van der Waals surface area contributed by atoms with E-state index < -0.39 is 8.41 Å². The van der Waals surface area contributed by atoms with Gasteiger partial charge in [-0.25, -0.2) is 0 Å². The Kier molecular flexibility index (Phi) is 4.89. The maximum atomic E-state index is 2.31. The molecule has 0 spiro atoms. The summed E-state index contributed by atoms with van der Waals surface area (Å²) in [6.07, 6.45) is 0. The predicted octanol–water partition coefficient (Wildman–Crippen LogP) is 5.82. The molecule has 4 aromatic carbocycles. The van der Waals surface area contributed by atoms with Gasteiger partial charge in [-0.2, -0.15) is 0 Å². The van der Waals surface area contributed by atoms with Crippen LogP contribution in [0.15, 0.2) is 121 Å². The molecule has 1 aliphatic rings. The average molecular weight is 387 g/mol. The molecule has 0 saturated heterocycles. The number of allylic oxidation sites excluding steroid dienone is 2. The van der Waals surface area contributed by atoms with Gasteiger partial charge in [-0.3, -0.25) is 0 Å². The van der Waals surface area contributed by atoms with Gasteiger partial charge in [0, 0.05) is 0 Å². The minimum absolute atomic E-state index is 0.928. The second kappa shape index (κ2) is 7.98. The van der Waals surface area contributed by atoms with Crippen LogP contribution in [0.5, 0.6) is 0 Å². The minimum Gasteiger partial charge on any atom is -0.0623 e. The molecule has 1 aliphatic heterocycles. The van der Waals surface area contributed by atoms with E-state index in [-0.39, 0.29) is 0 Å². The van der Waals surface area contributed by atoms with Crippen molar-refractivity contribution in [1.29, 1.82) is 0 Å². The smallest absolute Gasteiger partial charge is 0.0605 e. The van der Waals surface area contributed by atoms with Gasteiger partial charge in [0.2, 0.25) is 0 Å². The lowest BCUT2D eigenvalue weighted by Crippen LogP contribution is -2.27. The number of hydrogen-bond acceptors (Lipinski definition) is 0. The third kappa shape index (κ3) is 3.46. The first-order chi connectivity index (χ1) is 14.4. The van der Waals surface area contributed by atoms with Gasteiger partial charge in [0.15, 0.2) is 0 Å². The Bertz CT molecular complexity index is 1080. The molecule has 0 nitrogen and oxygen atoms in total. The highest BCUT2D eigenvalue weighted by Crippen LogP contribution is 2.37. The van der Waals surface area contributed by atoms with Crippen molar-refractivity contribution < 1.29 is 0 Å². The molecule has 0 N–H and O–H groups in total. The average Bonchev–Trinajstić information content (AvgIpc) is 3.22. The van der Waals surface area contributed by atoms with Crippen LogP contribution in [0, 0.1) is 0 Å². The highest BCUT2D eigenvalue weighted by atomic mass is 28.2. The standard InChI is InChI=1S/C28H22Si/c1-5-13-22(14-6-1)26-21-29(25-19-11-4-12-20-25)28(24-17-9-3-10-18-24)27(26)23-15-7-2-8-16-23/h1-20H,21H2. The van der Waals surface area contributed by atoms with Crippen LogP contribution in [0.4, 0.5) is 0 Å². The van der Waals surface area contributed by atoms with Gasteiger partial charge in [0.25, 0.3) is 0 Å². The fourth-order valence-corrected chi connectivity index (χ4v) is 7.38. The highest BCUT2D eigenvalue weighted by molar-refractivity contribution is 6.93. The van der Waals surface area contributed by atoms with E-state index in [4.69, 9.17) is 0 Å². The summed E-state index contributed by atoms with van der Waals surface area (Å²) in [6.45, 7) is 0. The van der Waals surface area contributed by atoms with Gasteiger partial charge in [0.05, 0.1) is 8.41 Å². The second-order valence-electron chi connectivity index (χ2n) is 7.35. The maximum Gasteiger partial charge on any atom is 0.0605 e. The molecule has 138 valence electrons. The summed E-state index contributed by atoms with van der Waals surface area (Å²) in [5.74, 6) is 0. The summed E-state index contributed by atoms with van der Waals surface area (Å²) in [6, 6.07) is 45.1. The third-order valence-electron chi connectivity index (χ3n) is 5.58. The van der Waals surface area contributed by atoms with Crippen molar-refractivity contribution in [1.82, 2.24) is 0 Å². The summed E-state index contributed by atoms with van der Waals surface area (Å²) >= 11 is 0. The van der Waals surface area contributed by atoms with Crippen LogP contribution in [0.1, 0.15) is 16.7 Å². The summed E-state index contributed by atoms with van der Waals surface area (Å²) in [4.78, 5) is 0. The van der Waals surface area contributed by atoms with E-state index in [0.717, 1.165) is 6.04 Å². The van der Waals surface area contributed by atoms with Gasteiger partial charge in [-0.15, -0.1) is 0 Å². The van der Waals surface area contributed by atoms with Crippen LogP contribution in [0.2, 0.25) is 6.04 Å². The van der Waals surface area contributed by atoms with E-state index in [2.05, 4.69) is 121 Å². The molecule has 5 rings (SSSR count). The molecule has 0 aliphatic carbocycles. The van der Waals surface area contributed by atoms with E-state index in [0.29, 0.717) is 0 Å². The zero-order valence-corrected chi connectivity index (χ0v) is 17.3. The number of benzene rings is 4. The van der Waals surface area contributed by atoms with Gasteiger partial charge in [-0.1, -0.05) is 121 Å². The fraction of sp³-hybridized carbons (Fsp3) is 0.0357. The van der Waals surface area contributed by atoms with E-state index >= 15 is 0 Å². The lowest BCUT2D eigenvalue weighted by molar-refractivity contribution is 1.55. The van der Waals surface area contributed by atoms with Gasteiger partial charge in [0.1, 0.15) is 0 Å². The van der Waals surface area contributed by atoms with Crippen molar-refractivity contribution >= 4 is 29.9 Å². The Labute approximate surface area is 174 Å². The molecule has 4 aromatic rings. The third-order valence-corrected chi connectivity index (χ3v) is 8.46.